The minimum atomic E-state index is -0.344. The fraction of sp³-hybridized carbons (Fsp3) is 0.217. The number of nitrogens with zero attached hydrogens (tertiary/aromatic N) is 2. The Hall–Kier alpha value is -3.45. The smallest absolute Gasteiger partial charge is 0.261 e. The average molecular weight is 437 g/mol. The highest BCUT2D eigenvalue weighted by atomic mass is 35.5. The molecule has 0 atom stereocenters. The molecule has 0 saturated carbocycles. The van der Waals surface area contributed by atoms with Gasteiger partial charge in [0.05, 0.1) is 16.6 Å². The van der Waals surface area contributed by atoms with Gasteiger partial charge in [-0.05, 0) is 42.8 Å². The average Bonchev–Trinajstić information content (AvgIpc) is 3.02. The Balaban J connectivity index is 1.20. The molecule has 4 rings (SSSR count). The number of imide groups is 1. The molecule has 3 aromatic rings. The van der Waals surface area contributed by atoms with E-state index in [0.29, 0.717) is 29.2 Å². The fourth-order valence-electron chi connectivity index (χ4n) is 3.56. The maximum atomic E-state index is 12.3. The van der Waals surface area contributed by atoms with Crippen LogP contribution in [0.5, 0.6) is 0 Å². The van der Waals surface area contributed by atoms with Crippen molar-refractivity contribution < 1.29 is 14.4 Å². The van der Waals surface area contributed by atoms with Gasteiger partial charge in [0.2, 0.25) is 5.91 Å². The second kappa shape index (κ2) is 9.14. The molecule has 1 aliphatic rings. The van der Waals surface area contributed by atoms with Crippen molar-refractivity contribution in [1.82, 2.24) is 15.2 Å². The van der Waals surface area contributed by atoms with Crippen LogP contribution in [-0.4, -0.2) is 47.2 Å². The van der Waals surface area contributed by atoms with E-state index in [9.17, 15) is 14.4 Å². The van der Waals surface area contributed by atoms with Crippen molar-refractivity contribution >= 4 is 45.9 Å². The second-order valence-corrected chi connectivity index (χ2v) is 7.64. The Morgan fingerprint density at radius 1 is 1.00 bits per heavy atom. The van der Waals surface area contributed by atoms with Crippen LogP contribution >= 0.6 is 11.6 Å². The van der Waals surface area contributed by atoms with E-state index in [1.807, 2.05) is 24.3 Å². The topological polar surface area (TPSA) is 91.4 Å². The van der Waals surface area contributed by atoms with Gasteiger partial charge in [-0.3, -0.25) is 24.3 Å². The standard InChI is InChI=1S/C23H21ClN4O3/c24-15-6-7-18-19(8-12-26-20(18)14-15)25-10-3-11-27-21(29)9-13-28-22(30)16-4-1-2-5-17(16)23(28)31/h1-2,4-8,12,14H,3,9-11,13H2,(H,25,26)(H,27,29). The van der Waals surface area contributed by atoms with Crippen LogP contribution in [0.25, 0.3) is 10.9 Å². The molecule has 2 heterocycles. The molecule has 1 aliphatic heterocycles. The summed E-state index contributed by atoms with van der Waals surface area (Å²) in [7, 11) is 0. The zero-order valence-electron chi connectivity index (χ0n) is 16.7. The predicted octanol–water partition coefficient (Wildman–Crippen LogP) is 3.49. The number of aromatic nitrogens is 1. The summed E-state index contributed by atoms with van der Waals surface area (Å²) in [6, 6.07) is 14.2. The number of rotatable bonds is 8. The van der Waals surface area contributed by atoms with Gasteiger partial charge in [0, 0.05) is 48.3 Å². The third kappa shape index (κ3) is 4.51. The molecule has 2 N–H and O–H groups in total. The highest BCUT2D eigenvalue weighted by Gasteiger charge is 2.34. The summed E-state index contributed by atoms with van der Waals surface area (Å²) >= 11 is 6.01. The van der Waals surface area contributed by atoms with Crippen LogP contribution in [0.4, 0.5) is 5.69 Å². The lowest BCUT2D eigenvalue weighted by molar-refractivity contribution is -0.121. The van der Waals surface area contributed by atoms with E-state index >= 15 is 0 Å². The first kappa shape index (κ1) is 20.8. The molecular formula is C23H21ClN4O3. The Bertz CT molecular complexity index is 1130. The van der Waals surface area contributed by atoms with Crippen LogP contribution in [0, 0.1) is 0 Å². The maximum Gasteiger partial charge on any atom is 0.261 e. The van der Waals surface area contributed by atoms with Crippen molar-refractivity contribution in [2.45, 2.75) is 12.8 Å². The van der Waals surface area contributed by atoms with Gasteiger partial charge < -0.3 is 10.6 Å². The molecule has 158 valence electrons. The monoisotopic (exact) mass is 436 g/mol. The van der Waals surface area contributed by atoms with Crippen molar-refractivity contribution in [2.24, 2.45) is 0 Å². The van der Waals surface area contributed by atoms with Gasteiger partial charge >= 0.3 is 0 Å². The fourth-order valence-corrected chi connectivity index (χ4v) is 3.72. The van der Waals surface area contributed by atoms with Crippen LogP contribution in [0.2, 0.25) is 5.02 Å². The molecule has 0 aliphatic carbocycles. The minimum absolute atomic E-state index is 0.0714. The quantitative estimate of drug-likeness (QED) is 0.416. The van der Waals surface area contributed by atoms with Crippen LogP contribution in [-0.2, 0) is 4.79 Å². The van der Waals surface area contributed by atoms with Gasteiger partial charge in [-0.1, -0.05) is 23.7 Å². The Morgan fingerprint density at radius 3 is 2.48 bits per heavy atom. The van der Waals surface area contributed by atoms with E-state index in [2.05, 4.69) is 15.6 Å². The van der Waals surface area contributed by atoms with E-state index in [-0.39, 0.29) is 30.7 Å². The number of carbonyl (C=O) groups excluding carboxylic acids is 3. The van der Waals surface area contributed by atoms with E-state index in [4.69, 9.17) is 11.6 Å². The lowest BCUT2D eigenvalue weighted by Crippen LogP contribution is -2.35. The van der Waals surface area contributed by atoms with Crippen molar-refractivity contribution in [3.8, 4) is 0 Å². The van der Waals surface area contributed by atoms with Gasteiger partial charge in [0.1, 0.15) is 0 Å². The zero-order chi connectivity index (χ0) is 21.8. The molecule has 31 heavy (non-hydrogen) atoms. The molecule has 0 unspecified atom stereocenters. The highest BCUT2D eigenvalue weighted by Crippen LogP contribution is 2.24. The SMILES string of the molecule is O=C(CCN1C(=O)c2ccccc2C1=O)NCCCNc1ccnc2cc(Cl)ccc12. The zero-order valence-corrected chi connectivity index (χ0v) is 17.5. The Labute approximate surface area is 184 Å². The number of nitrogens with one attached hydrogen (secondary N) is 2. The summed E-state index contributed by atoms with van der Waals surface area (Å²) in [5, 5.41) is 7.80. The lowest BCUT2D eigenvalue weighted by atomic mass is 10.1. The maximum absolute atomic E-state index is 12.3. The van der Waals surface area contributed by atoms with E-state index in [0.717, 1.165) is 27.9 Å². The van der Waals surface area contributed by atoms with E-state index in [1.165, 1.54) is 0 Å². The number of halogens is 1. The molecule has 0 bridgehead atoms. The lowest BCUT2D eigenvalue weighted by Gasteiger charge is -2.14. The molecule has 0 saturated heterocycles. The van der Waals surface area contributed by atoms with Crippen LogP contribution in [0.15, 0.2) is 54.7 Å². The first-order valence-corrected chi connectivity index (χ1v) is 10.4. The molecule has 3 amide bonds. The number of carbonyl (C=O) groups is 3. The first-order valence-electron chi connectivity index (χ1n) is 10.0. The summed E-state index contributed by atoms with van der Waals surface area (Å²) < 4.78 is 0. The normalized spacial score (nSPS) is 12.9. The predicted molar refractivity (Wildman–Crippen MR) is 119 cm³/mol. The van der Waals surface area contributed by atoms with Crippen molar-refractivity contribution in [3.05, 3.63) is 70.9 Å². The number of hydrogen-bond acceptors (Lipinski definition) is 5. The molecule has 0 spiro atoms. The number of benzene rings is 2. The molecule has 8 heteroatoms. The Kier molecular flexibility index (Phi) is 6.13. The van der Waals surface area contributed by atoms with Crippen LogP contribution in [0.1, 0.15) is 33.6 Å². The molecule has 2 aromatic carbocycles. The molecule has 0 fully saturated rings. The van der Waals surface area contributed by atoms with E-state index in [1.54, 1.807) is 30.5 Å². The van der Waals surface area contributed by atoms with E-state index < -0.39 is 0 Å². The van der Waals surface area contributed by atoms with Crippen LogP contribution < -0.4 is 10.6 Å². The third-order valence-electron chi connectivity index (χ3n) is 5.14. The van der Waals surface area contributed by atoms with Gasteiger partial charge in [-0.25, -0.2) is 0 Å². The van der Waals surface area contributed by atoms with Crippen LogP contribution in [0.3, 0.4) is 0 Å². The van der Waals surface area contributed by atoms with Gasteiger partial charge in [0.25, 0.3) is 11.8 Å². The molecule has 1 aromatic heterocycles. The first-order chi connectivity index (χ1) is 15.0. The van der Waals surface area contributed by atoms with Gasteiger partial charge in [0.15, 0.2) is 0 Å². The summed E-state index contributed by atoms with van der Waals surface area (Å²) in [5.74, 6) is -0.882. The summed E-state index contributed by atoms with van der Waals surface area (Å²) in [5.41, 5.74) is 2.56. The number of hydrogen-bond donors (Lipinski definition) is 2. The van der Waals surface area contributed by atoms with Crippen molar-refractivity contribution in [3.63, 3.8) is 0 Å². The number of amides is 3. The highest BCUT2D eigenvalue weighted by molar-refractivity contribution is 6.31. The molecule has 7 nitrogen and oxygen atoms in total. The number of anilines is 1. The van der Waals surface area contributed by atoms with Crippen molar-refractivity contribution in [1.29, 1.82) is 0 Å². The third-order valence-corrected chi connectivity index (χ3v) is 5.37. The van der Waals surface area contributed by atoms with Crippen molar-refractivity contribution in [2.75, 3.05) is 25.0 Å². The second-order valence-electron chi connectivity index (χ2n) is 7.21. The molecule has 0 radical (unpaired) electrons. The Morgan fingerprint density at radius 2 is 1.74 bits per heavy atom. The number of fused-ring (bicyclic) bond motifs is 2. The van der Waals surface area contributed by atoms with Gasteiger partial charge in [-0.2, -0.15) is 0 Å². The largest absolute Gasteiger partial charge is 0.384 e. The number of pyridine rings is 1. The summed E-state index contributed by atoms with van der Waals surface area (Å²) in [6.07, 6.45) is 2.52. The van der Waals surface area contributed by atoms with Gasteiger partial charge in [-0.15, -0.1) is 0 Å². The summed E-state index contributed by atoms with van der Waals surface area (Å²) in [4.78, 5) is 42.2. The summed E-state index contributed by atoms with van der Waals surface area (Å²) in [6.45, 7) is 1.23. The minimum Gasteiger partial charge on any atom is -0.384 e. The molecular weight excluding hydrogens is 416 g/mol.